The molecule has 0 spiro atoms. The first-order chi connectivity index (χ1) is 9.28. The number of hydrogen-bond donors (Lipinski definition) is 1. The van der Waals surface area contributed by atoms with Gasteiger partial charge in [-0.1, -0.05) is 24.3 Å². The highest BCUT2D eigenvalue weighted by Crippen LogP contribution is 2.20. The molecule has 0 aliphatic carbocycles. The van der Waals surface area contributed by atoms with Crippen LogP contribution in [-0.2, 0) is 0 Å². The molecule has 0 saturated carbocycles. The molecule has 0 amide bonds. The third-order valence-electron chi connectivity index (χ3n) is 2.75. The van der Waals surface area contributed by atoms with Crippen LogP contribution in [0.2, 0.25) is 0 Å². The standard InChI is InChI=1S/C16H19NO2/c1-13(12-17-14-7-4-3-5-8-14)19-16-10-6-9-15(11-16)18-2/h3-11,13,17H,12H2,1-2H3. The van der Waals surface area contributed by atoms with Crippen LogP contribution in [0, 0.1) is 0 Å². The van der Waals surface area contributed by atoms with E-state index >= 15 is 0 Å². The third kappa shape index (κ3) is 4.21. The van der Waals surface area contributed by atoms with Crippen molar-refractivity contribution in [2.24, 2.45) is 0 Å². The summed E-state index contributed by atoms with van der Waals surface area (Å²) in [5.41, 5.74) is 1.10. The van der Waals surface area contributed by atoms with E-state index in [9.17, 15) is 0 Å². The van der Waals surface area contributed by atoms with Gasteiger partial charge in [-0.3, -0.25) is 0 Å². The Morgan fingerprint density at radius 1 is 1.00 bits per heavy atom. The van der Waals surface area contributed by atoms with Crippen molar-refractivity contribution in [3.05, 3.63) is 54.6 Å². The highest BCUT2D eigenvalue weighted by molar-refractivity contribution is 5.42. The van der Waals surface area contributed by atoms with Crippen molar-refractivity contribution in [1.82, 2.24) is 0 Å². The van der Waals surface area contributed by atoms with Crippen molar-refractivity contribution in [3.8, 4) is 11.5 Å². The maximum atomic E-state index is 5.84. The van der Waals surface area contributed by atoms with E-state index in [1.807, 2.05) is 61.5 Å². The summed E-state index contributed by atoms with van der Waals surface area (Å²) in [6.45, 7) is 2.79. The van der Waals surface area contributed by atoms with Crippen LogP contribution in [-0.4, -0.2) is 19.8 Å². The van der Waals surface area contributed by atoms with E-state index in [1.165, 1.54) is 0 Å². The number of benzene rings is 2. The zero-order valence-corrected chi connectivity index (χ0v) is 11.3. The zero-order chi connectivity index (χ0) is 13.5. The van der Waals surface area contributed by atoms with Gasteiger partial charge in [0.05, 0.1) is 13.7 Å². The first-order valence-corrected chi connectivity index (χ1v) is 6.37. The second-order valence-electron chi connectivity index (χ2n) is 4.35. The van der Waals surface area contributed by atoms with Crippen molar-refractivity contribution < 1.29 is 9.47 Å². The Balaban J connectivity index is 1.85. The van der Waals surface area contributed by atoms with Gasteiger partial charge in [0.25, 0.3) is 0 Å². The first kappa shape index (κ1) is 13.3. The minimum atomic E-state index is 0.0762. The van der Waals surface area contributed by atoms with Gasteiger partial charge in [-0.05, 0) is 31.2 Å². The van der Waals surface area contributed by atoms with E-state index in [-0.39, 0.29) is 6.10 Å². The molecule has 0 saturated heterocycles. The number of nitrogens with one attached hydrogen (secondary N) is 1. The van der Waals surface area contributed by atoms with Gasteiger partial charge in [-0.25, -0.2) is 0 Å². The van der Waals surface area contributed by atoms with E-state index in [0.717, 1.165) is 23.7 Å². The summed E-state index contributed by atoms with van der Waals surface area (Å²) in [7, 11) is 1.65. The number of ether oxygens (including phenoxy) is 2. The summed E-state index contributed by atoms with van der Waals surface area (Å²) in [6.07, 6.45) is 0.0762. The zero-order valence-electron chi connectivity index (χ0n) is 11.3. The quantitative estimate of drug-likeness (QED) is 0.858. The van der Waals surface area contributed by atoms with Gasteiger partial charge in [0, 0.05) is 11.8 Å². The predicted octanol–water partition coefficient (Wildman–Crippen LogP) is 3.57. The Labute approximate surface area is 114 Å². The summed E-state index contributed by atoms with van der Waals surface area (Å²) >= 11 is 0. The van der Waals surface area contributed by atoms with Gasteiger partial charge in [0.15, 0.2) is 0 Å². The molecule has 2 aromatic rings. The molecular formula is C16H19NO2. The normalized spacial score (nSPS) is 11.7. The van der Waals surface area contributed by atoms with Crippen molar-refractivity contribution in [1.29, 1.82) is 0 Å². The second-order valence-corrected chi connectivity index (χ2v) is 4.35. The molecule has 0 bridgehead atoms. The largest absolute Gasteiger partial charge is 0.497 e. The van der Waals surface area contributed by atoms with E-state index in [1.54, 1.807) is 7.11 Å². The van der Waals surface area contributed by atoms with Crippen molar-refractivity contribution in [2.75, 3.05) is 19.0 Å². The average Bonchev–Trinajstić information content (AvgIpc) is 2.46. The van der Waals surface area contributed by atoms with Crippen LogP contribution in [0.3, 0.4) is 0 Å². The van der Waals surface area contributed by atoms with Crippen LogP contribution < -0.4 is 14.8 Å². The molecule has 1 N–H and O–H groups in total. The van der Waals surface area contributed by atoms with Crippen LogP contribution in [0.15, 0.2) is 54.6 Å². The molecule has 0 aliphatic heterocycles. The van der Waals surface area contributed by atoms with Crippen LogP contribution in [0.5, 0.6) is 11.5 Å². The van der Waals surface area contributed by atoms with Gasteiger partial charge in [-0.2, -0.15) is 0 Å². The molecule has 1 atom stereocenters. The summed E-state index contributed by atoms with van der Waals surface area (Å²) in [6, 6.07) is 17.7. The lowest BCUT2D eigenvalue weighted by Gasteiger charge is -2.16. The average molecular weight is 257 g/mol. The first-order valence-electron chi connectivity index (χ1n) is 6.37. The lowest BCUT2D eigenvalue weighted by molar-refractivity contribution is 0.233. The van der Waals surface area contributed by atoms with Gasteiger partial charge in [0.1, 0.15) is 17.6 Å². The number of rotatable bonds is 6. The lowest BCUT2D eigenvalue weighted by Crippen LogP contribution is -2.22. The Morgan fingerprint density at radius 2 is 1.74 bits per heavy atom. The maximum absolute atomic E-state index is 5.84. The lowest BCUT2D eigenvalue weighted by atomic mass is 10.3. The second kappa shape index (κ2) is 6.69. The molecule has 19 heavy (non-hydrogen) atoms. The number of para-hydroxylation sites is 1. The van der Waals surface area contributed by atoms with Crippen molar-refractivity contribution >= 4 is 5.69 Å². The fourth-order valence-electron chi connectivity index (χ4n) is 1.77. The van der Waals surface area contributed by atoms with Crippen LogP contribution in [0.4, 0.5) is 5.69 Å². The van der Waals surface area contributed by atoms with Gasteiger partial charge in [0.2, 0.25) is 0 Å². The molecule has 2 rings (SSSR count). The van der Waals surface area contributed by atoms with Crippen LogP contribution in [0.25, 0.3) is 0 Å². The molecule has 3 heteroatoms. The Hall–Kier alpha value is -2.16. The molecule has 0 fully saturated rings. The molecule has 0 aromatic heterocycles. The fraction of sp³-hybridized carbons (Fsp3) is 0.250. The van der Waals surface area contributed by atoms with E-state index in [0.29, 0.717) is 0 Å². The molecule has 2 aromatic carbocycles. The van der Waals surface area contributed by atoms with Gasteiger partial charge in [-0.15, -0.1) is 0 Å². The topological polar surface area (TPSA) is 30.5 Å². The summed E-state index contributed by atoms with van der Waals surface area (Å²) in [5.74, 6) is 1.63. The minimum Gasteiger partial charge on any atom is -0.497 e. The molecule has 0 heterocycles. The molecule has 0 radical (unpaired) electrons. The van der Waals surface area contributed by atoms with E-state index in [2.05, 4.69) is 5.32 Å². The van der Waals surface area contributed by atoms with Gasteiger partial charge >= 0.3 is 0 Å². The van der Waals surface area contributed by atoms with E-state index < -0.39 is 0 Å². The fourth-order valence-corrected chi connectivity index (χ4v) is 1.77. The molecular weight excluding hydrogens is 238 g/mol. The molecule has 3 nitrogen and oxygen atoms in total. The summed E-state index contributed by atoms with van der Waals surface area (Å²) < 4.78 is 11.0. The third-order valence-corrected chi connectivity index (χ3v) is 2.75. The SMILES string of the molecule is COc1cccc(OC(C)CNc2ccccc2)c1. The minimum absolute atomic E-state index is 0.0762. The van der Waals surface area contributed by atoms with Crippen molar-refractivity contribution in [3.63, 3.8) is 0 Å². The Morgan fingerprint density at radius 3 is 2.47 bits per heavy atom. The van der Waals surface area contributed by atoms with Gasteiger partial charge < -0.3 is 14.8 Å². The molecule has 100 valence electrons. The predicted molar refractivity (Wildman–Crippen MR) is 78.0 cm³/mol. The molecule has 1 unspecified atom stereocenters. The van der Waals surface area contributed by atoms with Crippen LogP contribution >= 0.6 is 0 Å². The monoisotopic (exact) mass is 257 g/mol. The van der Waals surface area contributed by atoms with Crippen molar-refractivity contribution in [2.45, 2.75) is 13.0 Å². The summed E-state index contributed by atoms with van der Waals surface area (Å²) in [5, 5.41) is 3.34. The number of hydrogen-bond acceptors (Lipinski definition) is 3. The smallest absolute Gasteiger partial charge is 0.123 e. The highest BCUT2D eigenvalue weighted by Gasteiger charge is 2.04. The maximum Gasteiger partial charge on any atom is 0.123 e. The van der Waals surface area contributed by atoms with Crippen LogP contribution in [0.1, 0.15) is 6.92 Å². The highest BCUT2D eigenvalue weighted by atomic mass is 16.5. The Kier molecular flexibility index (Phi) is 4.67. The van der Waals surface area contributed by atoms with E-state index in [4.69, 9.17) is 9.47 Å². The molecule has 0 aliphatic rings. The number of anilines is 1. The Bertz CT molecular complexity index is 499. The summed E-state index contributed by atoms with van der Waals surface area (Å²) in [4.78, 5) is 0. The number of methoxy groups -OCH3 is 1.